The molecule has 59 heavy (non-hydrogen) atoms. The summed E-state index contributed by atoms with van der Waals surface area (Å²) in [7, 11) is -10.8. The van der Waals surface area contributed by atoms with Crippen LogP contribution in [0.4, 0.5) is 29.1 Å². The summed E-state index contributed by atoms with van der Waals surface area (Å²) in [6.07, 6.45) is 0.594. The number of para-hydroxylation sites is 1. The van der Waals surface area contributed by atoms with Gasteiger partial charge in [-0.1, -0.05) is 53.8 Å². The molecule has 7 rings (SSSR count). The SMILES string of the molecule is O=C(CS(=O)(=O)c1ccc(N[C@H](CCO)CSc2ccccc2)c(S(=O)(=O)C(F)(F)F)c1)c1csc(N2CCc3cccc(C(=O)Nc4nc5ccccc5s4)c3C2)n1. The van der Waals surface area contributed by atoms with Gasteiger partial charge in [0.15, 0.2) is 25.9 Å². The van der Waals surface area contributed by atoms with Gasteiger partial charge in [-0.3, -0.25) is 14.9 Å². The fourth-order valence-corrected chi connectivity index (χ4v) is 11.3. The number of rotatable bonds is 15. The van der Waals surface area contributed by atoms with E-state index in [1.165, 1.54) is 28.5 Å². The average molecular weight is 902 g/mol. The van der Waals surface area contributed by atoms with Gasteiger partial charge in [-0.2, -0.15) is 13.2 Å². The van der Waals surface area contributed by atoms with E-state index in [4.69, 9.17) is 0 Å². The minimum Gasteiger partial charge on any atom is -0.396 e. The molecule has 4 aromatic carbocycles. The molecule has 12 nitrogen and oxygen atoms in total. The lowest BCUT2D eigenvalue weighted by Gasteiger charge is -2.29. The number of anilines is 3. The summed E-state index contributed by atoms with van der Waals surface area (Å²) >= 11 is 3.76. The van der Waals surface area contributed by atoms with Crippen LogP contribution in [-0.4, -0.2) is 79.8 Å². The molecule has 3 N–H and O–H groups in total. The van der Waals surface area contributed by atoms with Crippen molar-refractivity contribution in [3.8, 4) is 0 Å². The molecule has 1 atom stereocenters. The quantitative estimate of drug-likeness (QED) is 0.0686. The third kappa shape index (κ3) is 9.47. The highest BCUT2D eigenvalue weighted by molar-refractivity contribution is 7.99. The molecule has 0 fully saturated rings. The number of aromatic nitrogens is 2. The maximum Gasteiger partial charge on any atom is 0.501 e. The molecule has 1 aliphatic heterocycles. The summed E-state index contributed by atoms with van der Waals surface area (Å²) in [6.45, 7) is 0.381. The van der Waals surface area contributed by atoms with E-state index in [1.807, 2.05) is 47.4 Å². The van der Waals surface area contributed by atoms with E-state index in [9.17, 15) is 44.7 Å². The van der Waals surface area contributed by atoms with Crippen LogP contribution in [0.1, 0.15) is 38.4 Å². The number of carbonyl (C=O) groups excluding carboxylic acids is 2. The summed E-state index contributed by atoms with van der Waals surface area (Å²) in [4.78, 5) is 36.3. The number of aliphatic hydroxyl groups is 1. The Bertz CT molecular complexity index is 2710. The maximum atomic E-state index is 13.9. The van der Waals surface area contributed by atoms with E-state index >= 15 is 0 Å². The minimum atomic E-state index is -6.08. The molecule has 20 heteroatoms. The Morgan fingerprint density at radius 2 is 1.71 bits per heavy atom. The van der Waals surface area contributed by atoms with Gasteiger partial charge >= 0.3 is 5.51 Å². The van der Waals surface area contributed by atoms with E-state index in [0.29, 0.717) is 34.9 Å². The number of fused-ring (bicyclic) bond motifs is 2. The molecular formula is C39H34F3N5O7S5. The molecule has 1 aliphatic rings. The van der Waals surface area contributed by atoms with E-state index in [-0.39, 0.29) is 36.9 Å². The van der Waals surface area contributed by atoms with Crippen LogP contribution in [0.15, 0.2) is 111 Å². The van der Waals surface area contributed by atoms with Gasteiger partial charge in [0.25, 0.3) is 15.7 Å². The molecule has 1 amide bonds. The minimum absolute atomic E-state index is 0.0427. The van der Waals surface area contributed by atoms with Crippen molar-refractivity contribution >= 4 is 92.0 Å². The molecule has 0 bridgehead atoms. The fraction of sp³-hybridized carbons (Fsp3) is 0.231. The fourth-order valence-electron chi connectivity index (χ4n) is 6.36. The summed E-state index contributed by atoms with van der Waals surface area (Å²) < 4.78 is 95.4. The lowest BCUT2D eigenvalue weighted by Crippen LogP contribution is -2.32. The Hall–Kier alpha value is -4.86. The van der Waals surface area contributed by atoms with Crippen LogP contribution < -0.4 is 15.5 Å². The predicted octanol–water partition coefficient (Wildman–Crippen LogP) is 7.47. The number of nitrogens with zero attached hydrogens (tertiary/aromatic N) is 3. The summed E-state index contributed by atoms with van der Waals surface area (Å²) in [5.74, 6) is -2.27. The van der Waals surface area contributed by atoms with Crippen molar-refractivity contribution < 1.29 is 44.7 Å². The van der Waals surface area contributed by atoms with Gasteiger partial charge in [-0.05, 0) is 72.5 Å². The summed E-state index contributed by atoms with van der Waals surface area (Å²) in [6, 6.07) is 23.5. The Labute approximate surface area is 349 Å². The number of amides is 1. The van der Waals surface area contributed by atoms with Crippen molar-refractivity contribution in [3.63, 3.8) is 0 Å². The number of sulfone groups is 2. The van der Waals surface area contributed by atoms with Crippen LogP contribution in [0, 0.1) is 0 Å². The lowest BCUT2D eigenvalue weighted by molar-refractivity contribution is -0.0436. The third-order valence-corrected chi connectivity index (χ3v) is 15.5. The second-order valence-electron chi connectivity index (χ2n) is 13.3. The zero-order chi connectivity index (χ0) is 42.0. The second-order valence-corrected chi connectivity index (χ2v) is 20.2. The first-order valence-electron chi connectivity index (χ1n) is 17.9. The molecule has 3 heterocycles. The van der Waals surface area contributed by atoms with E-state index in [1.54, 1.807) is 30.3 Å². The van der Waals surface area contributed by atoms with Gasteiger partial charge < -0.3 is 15.3 Å². The highest BCUT2D eigenvalue weighted by atomic mass is 32.2. The van der Waals surface area contributed by atoms with Crippen molar-refractivity contribution in [1.29, 1.82) is 0 Å². The van der Waals surface area contributed by atoms with Gasteiger partial charge in [0.05, 0.1) is 20.8 Å². The number of ketones is 1. The van der Waals surface area contributed by atoms with Crippen LogP contribution in [0.25, 0.3) is 10.2 Å². The number of nitrogens with one attached hydrogen (secondary N) is 2. The number of hydrogen-bond acceptors (Lipinski definition) is 14. The van der Waals surface area contributed by atoms with E-state index < -0.39 is 58.2 Å². The molecule has 0 radical (unpaired) electrons. The van der Waals surface area contributed by atoms with Gasteiger partial charge in [-0.15, -0.1) is 23.1 Å². The maximum absolute atomic E-state index is 13.9. The van der Waals surface area contributed by atoms with Crippen molar-refractivity contribution in [1.82, 2.24) is 9.97 Å². The van der Waals surface area contributed by atoms with Crippen molar-refractivity contribution in [2.75, 3.05) is 40.2 Å². The number of thiazole rings is 2. The number of Topliss-reactive ketones (excluding diaryl/α,β-unsaturated/α-hetero) is 1. The van der Waals surface area contributed by atoms with Crippen molar-refractivity contribution in [2.24, 2.45) is 0 Å². The molecule has 0 unspecified atom stereocenters. The summed E-state index contributed by atoms with van der Waals surface area (Å²) in [5, 5.41) is 17.5. The highest BCUT2D eigenvalue weighted by Crippen LogP contribution is 2.37. The smallest absolute Gasteiger partial charge is 0.396 e. The van der Waals surface area contributed by atoms with Crippen molar-refractivity contribution in [2.45, 2.75) is 45.6 Å². The van der Waals surface area contributed by atoms with Gasteiger partial charge in [0.2, 0.25) is 0 Å². The number of benzene rings is 4. The average Bonchev–Trinajstić information content (AvgIpc) is 3.87. The van der Waals surface area contributed by atoms with Gasteiger partial charge in [0.1, 0.15) is 16.3 Å². The topological polar surface area (TPSA) is 176 Å². The first kappa shape index (κ1) is 42.3. The lowest BCUT2D eigenvalue weighted by atomic mass is 9.94. The Kier molecular flexibility index (Phi) is 12.5. The van der Waals surface area contributed by atoms with Crippen LogP contribution in [0.5, 0.6) is 0 Å². The Morgan fingerprint density at radius 1 is 0.949 bits per heavy atom. The number of thioether (sulfide) groups is 1. The van der Waals surface area contributed by atoms with Crippen LogP contribution in [-0.2, 0) is 32.6 Å². The molecule has 0 saturated carbocycles. The molecular weight excluding hydrogens is 868 g/mol. The molecule has 0 spiro atoms. The largest absolute Gasteiger partial charge is 0.501 e. The number of halogens is 3. The van der Waals surface area contributed by atoms with Crippen LogP contribution in [0.2, 0.25) is 0 Å². The normalized spacial score (nSPS) is 13.9. The number of aliphatic hydroxyl groups excluding tert-OH is 1. The van der Waals surface area contributed by atoms with Gasteiger partial charge in [-0.25, -0.2) is 26.8 Å². The first-order chi connectivity index (χ1) is 28.1. The first-order valence-corrected chi connectivity index (χ1v) is 23.7. The van der Waals surface area contributed by atoms with E-state index in [0.717, 1.165) is 49.7 Å². The standard InChI is InChI=1S/C39H34F3N5O7S5/c40-39(41,42)59(53,54)35-19-27(13-14-31(35)43-25(16-18-48)21-55-26-8-2-1-3-9-26)58(51,52)23-33(49)32-22-56-38(45-32)47-17-15-24-7-6-10-28(29(24)20-47)36(50)46-37-44-30-11-4-5-12-34(30)57-37/h1-14,19,22,25,43,48H,15-18,20-21,23H2,(H,44,46,50)/t25-/m1/s1. The second kappa shape index (κ2) is 17.4. The number of carbonyl (C=O) groups is 2. The third-order valence-electron chi connectivity index (χ3n) is 9.34. The Morgan fingerprint density at radius 3 is 2.46 bits per heavy atom. The van der Waals surface area contributed by atoms with Crippen LogP contribution >= 0.6 is 34.4 Å². The number of hydrogen-bond donors (Lipinski definition) is 3. The summed E-state index contributed by atoms with van der Waals surface area (Å²) in [5.41, 5.74) is -3.58. The van der Waals surface area contributed by atoms with Crippen molar-refractivity contribution in [3.05, 3.63) is 119 Å². The zero-order valence-corrected chi connectivity index (χ0v) is 34.8. The zero-order valence-electron chi connectivity index (χ0n) is 30.7. The van der Waals surface area contributed by atoms with Crippen LogP contribution in [0.3, 0.4) is 0 Å². The number of alkyl halides is 3. The molecule has 0 aliphatic carbocycles. The molecule has 2 aromatic heterocycles. The predicted molar refractivity (Wildman–Crippen MR) is 223 cm³/mol. The van der Waals surface area contributed by atoms with Gasteiger partial charge in [0, 0.05) is 47.3 Å². The molecule has 308 valence electrons. The highest BCUT2D eigenvalue weighted by Gasteiger charge is 2.48. The van der Waals surface area contributed by atoms with E-state index in [2.05, 4.69) is 20.6 Å². The molecule has 6 aromatic rings. The molecule has 0 saturated heterocycles. The monoisotopic (exact) mass is 901 g/mol. The Balaban J connectivity index is 1.07.